The first-order valence-electron chi connectivity index (χ1n) is 6.02. The number of anilines is 2. The summed E-state index contributed by atoms with van der Waals surface area (Å²) < 4.78 is 0. The van der Waals surface area contributed by atoms with Gasteiger partial charge in [-0.05, 0) is 24.7 Å². The summed E-state index contributed by atoms with van der Waals surface area (Å²) in [5, 5.41) is 6.58. The molecule has 1 saturated carbocycles. The first-order chi connectivity index (χ1) is 7.72. The largest absolute Gasteiger partial charge is 0.369 e. The molecule has 0 spiro atoms. The van der Waals surface area contributed by atoms with Crippen molar-refractivity contribution in [2.24, 2.45) is 5.41 Å². The molecule has 1 aliphatic carbocycles. The van der Waals surface area contributed by atoms with E-state index in [0.29, 0.717) is 5.41 Å². The molecule has 4 heteroatoms. The Hall–Kier alpha value is -1.32. The van der Waals surface area contributed by atoms with Gasteiger partial charge in [-0.3, -0.25) is 4.98 Å². The zero-order chi connectivity index (χ0) is 11.4. The molecule has 1 fully saturated rings. The van der Waals surface area contributed by atoms with Crippen LogP contribution in [0.15, 0.2) is 12.4 Å². The number of hydrogen-bond donors (Lipinski definition) is 2. The number of nitrogens with zero attached hydrogens (tertiary/aromatic N) is 2. The second-order valence-electron chi connectivity index (χ2n) is 4.88. The molecule has 4 nitrogen and oxygen atoms in total. The highest BCUT2D eigenvalue weighted by Crippen LogP contribution is 2.44. The molecule has 0 amide bonds. The molecule has 1 aromatic rings. The van der Waals surface area contributed by atoms with Crippen LogP contribution in [0, 0.1) is 5.41 Å². The van der Waals surface area contributed by atoms with Gasteiger partial charge in [-0.25, -0.2) is 4.98 Å². The number of rotatable bonds is 6. The molecule has 0 bridgehead atoms. The van der Waals surface area contributed by atoms with Gasteiger partial charge in [-0.2, -0.15) is 0 Å². The Balaban J connectivity index is 1.88. The van der Waals surface area contributed by atoms with Crippen molar-refractivity contribution < 1.29 is 0 Å². The van der Waals surface area contributed by atoms with E-state index in [0.717, 1.165) is 31.1 Å². The van der Waals surface area contributed by atoms with E-state index in [9.17, 15) is 0 Å². The molecule has 16 heavy (non-hydrogen) atoms. The van der Waals surface area contributed by atoms with E-state index in [1.54, 1.807) is 12.4 Å². The van der Waals surface area contributed by atoms with Gasteiger partial charge >= 0.3 is 0 Å². The highest BCUT2D eigenvalue weighted by Gasteiger charge is 2.36. The molecule has 0 saturated heterocycles. The average molecular weight is 220 g/mol. The minimum Gasteiger partial charge on any atom is -0.369 e. The van der Waals surface area contributed by atoms with Crippen LogP contribution in [0.5, 0.6) is 0 Å². The summed E-state index contributed by atoms with van der Waals surface area (Å²) in [6.45, 7) is 6.37. The fourth-order valence-corrected chi connectivity index (χ4v) is 1.48. The molecule has 88 valence electrons. The van der Waals surface area contributed by atoms with Crippen LogP contribution in [0.3, 0.4) is 0 Å². The highest BCUT2D eigenvalue weighted by atomic mass is 15.1. The summed E-state index contributed by atoms with van der Waals surface area (Å²) >= 11 is 0. The Morgan fingerprint density at radius 3 is 2.56 bits per heavy atom. The van der Waals surface area contributed by atoms with Crippen molar-refractivity contribution in [3.63, 3.8) is 0 Å². The topological polar surface area (TPSA) is 49.8 Å². The summed E-state index contributed by atoms with van der Waals surface area (Å²) in [6.07, 6.45) is 7.28. The smallest absolute Gasteiger partial charge is 0.146 e. The van der Waals surface area contributed by atoms with E-state index in [1.807, 2.05) is 0 Å². The van der Waals surface area contributed by atoms with E-state index in [2.05, 4.69) is 34.4 Å². The second kappa shape index (κ2) is 4.68. The summed E-state index contributed by atoms with van der Waals surface area (Å²) in [5.41, 5.74) is 0.495. The summed E-state index contributed by atoms with van der Waals surface area (Å²) in [5.74, 6) is 1.72. The Labute approximate surface area is 96.9 Å². The normalized spacial score (nSPS) is 16.9. The quantitative estimate of drug-likeness (QED) is 0.773. The molecule has 0 aliphatic heterocycles. The van der Waals surface area contributed by atoms with Gasteiger partial charge in [0.2, 0.25) is 0 Å². The summed E-state index contributed by atoms with van der Waals surface area (Å²) in [4.78, 5) is 8.63. The SMILES string of the molecule is CCCNc1cncc(NCC2(C)CC2)n1. The zero-order valence-corrected chi connectivity index (χ0v) is 10.1. The third-order valence-corrected chi connectivity index (χ3v) is 2.99. The van der Waals surface area contributed by atoms with Gasteiger partial charge in [0.1, 0.15) is 11.6 Å². The van der Waals surface area contributed by atoms with Crippen LogP contribution in [0.25, 0.3) is 0 Å². The molecule has 1 aliphatic rings. The molecule has 0 atom stereocenters. The van der Waals surface area contributed by atoms with Crippen LogP contribution in [-0.2, 0) is 0 Å². The Morgan fingerprint density at radius 2 is 1.94 bits per heavy atom. The van der Waals surface area contributed by atoms with Gasteiger partial charge in [0.25, 0.3) is 0 Å². The van der Waals surface area contributed by atoms with E-state index in [4.69, 9.17) is 0 Å². The van der Waals surface area contributed by atoms with Crippen molar-refractivity contribution in [3.8, 4) is 0 Å². The van der Waals surface area contributed by atoms with Gasteiger partial charge in [-0.1, -0.05) is 13.8 Å². The maximum atomic E-state index is 4.46. The predicted molar refractivity (Wildman–Crippen MR) is 66.6 cm³/mol. The monoisotopic (exact) mass is 220 g/mol. The summed E-state index contributed by atoms with van der Waals surface area (Å²) in [6, 6.07) is 0. The minimum atomic E-state index is 0.495. The number of nitrogens with one attached hydrogen (secondary N) is 2. The van der Waals surface area contributed by atoms with Crippen molar-refractivity contribution in [1.82, 2.24) is 9.97 Å². The molecule has 1 aromatic heterocycles. The average Bonchev–Trinajstić information content (AvgIpc) is 3.03. The second-order valence-corrected chi connectivity index (χ2v) is 4.88. The van der Waals surface area contributed by atoms with Gasteiger partial charge in [-0.15, -0.1) is 0 Å². The molecule has 2 N–H and O–H groups in total. The molecule has 0 unspecified atom stereocenters. The number of aromatic nitrogens is 2. The van der Waals surface area contributed by atoms with Crippen molar-refractivity contribution in [2.45, 2.75) is 33.1 Å². The van der Waals surface area contributed by atoms with Crippen LogP contribution in [0.4, 0.5) is 11.6 Å². The fraction of sp³-hybridized carbons (Fsp3) is 0.667. The van der Waals surface area contributed by atoms with E-state index in [1.165, 1.54) is 12.8 Å². The molecule has 0 aromatic carbocycles. The molecule has 0 radical (unpaired) electrons. The van der Waals surface area contributed by atoms with Crippen molar-refractivity contribution >= 4 is 11.6 Å². The van der Waals surface area contributed by atoms with Crippen molar-refractivity contribution in [3.05, 3.63) is 12.4 Å². The maximum absolute atomic E-state index is 4.46. The van der Waals surface area contributed by atoms with Crippen LogP contribution >= 0.6 is 0 Å². The van der Waals surface area contributed by atoms with Crippen LogP contribution in [0.2, 0.25) is 0 Å². The lowest BCUT2D eigenvalue weighted by Gasteiger charge is -2.11. The van der Waals surface area contributed by atoms with Crippen LogP contribution in [0.1, 0.15) is 33.1 Å². The Kier molecular flexibility index (Phi) is 3.27. The molecule has 2 rings (SSSR count). The molecular weight excluding hydrogens is 200 g/mol. The van der Waals surface area contributed by atoms with E-state index < -0.39 is 0 Å². The Bertz CT molecular complexity index is 347. The fourth-order valence-electron chi connectivity index (χ4n) is 1.48. The third-order valence-electron chi connectivity index (χ3n) is 2.99. The van der Waals surface area contributed by atoms with Gasteiger partial charge in [0.15, 0.2) is 0 Å². The van der Waals surface area contributed by atoms with Crippen molar-refractivity contribution in [1.29, 1.82) is 0 Å². The maximum Gasteiger partial charge on any atom is 0.146 e. The lowest BCUT2D eigenvalue weighted by atomic mass is 10.1. The summed E-state index contributed by atoms with van der Waals surface area (Å²) in [7, 11) is 0. The van der Waals surface area contributed by atoms with E-state index >= 15 is 0 Å². The highest BCUT2D eigenvalue weighted by molar-refractivity contribution is 5.41. The lowest BCUT2D eigenvalue weighted by Crippen LogP contribution is -2.13. The first kappa shape index (κ1) is 11.2. The van der Waals surface area contributed by atoms with Crippen molar-refractivity contribution in [2.75, 3.05) is 23.7 Å². The first-order valence-corrected chi connectivity index (χ1v) is 6.02. The van der Waals surface area contributed by atoms with Gasteiger partial charge in [0, 0.05) is 13.1 Å². The van der Waals surface area contributed by atoms with Crippen LogP contribution in [-0.4, -0.2) is 23.1 Å². The molecular formula is C12H20N4. The molecule has 1 heterocycles. The third kappa shape index (κ3) is 3.08. The van der Waals surface area contributed by atoms with E-state index in [-0.39, 0.29) is 0 Å². The van der Waals surface area contributed by atoms with Gasteiger partial charge in [0.05, 0.1) is 12.4 Å². The van der Waals surface area contributed by atoms with Gasteiger partial charge < -0.3 is 10.6 Å². The minimum absolute atomic E-state index is 0.495. The van der Waals surface area contributed by atoms with Crippen LogP contribution < -0.4 is 10.6 Å². The lowest BCUT2D eigenvalue weighted by molar-refractivity contribution is 0.609. The number of hydrogen-bond acceptors (Lipinski definition) is 4. The Morgan fingerprint density at radius 1 is 1.25 bits per heavy atom. The zero-order valence-electron chi connectivity index (χ0n) is 10.1. The predicted octanol–water partition coefficient (Wildman–Crippen LogP) is 2.51. The standard InChI is InChI=1S/C12H20N4/c1-3-6-14-10-7-13-8-11(16-10)15-9-12(2)4-5-12/h7-8H,3-6,9H2,1-2H3,(H2,14,15,16).